The van der Waals surface area contributed by atoms with Crippen LogP contribution in [-0.4, -0.2) is 38.0 Å². The second-order valence-corrected chi connectivity index (χ2v) is 7.66. The summed E-state index contributed by atoms with van der Waals surface area (Å²) in [6.07, 6.45) is 2.70. The Kier molecular flexibility index (Phi) is 3.84. The molecule has 1 aliphatic carbocycles. The second kappa shape index (κ2) is 5.50. The number of ether oxygens (including phenoxy) is 2. The molecule has 0 amide bonds. The molecule has 21 heavy (non-hydrogen) atoms. The van der Waals surface area contributed by atoms with E-state index in [-0.39, 0.29) is 17.0 Å². The predicted octanol–water partition coefficient (Wildman–Crippen LogP) is 2.41. The summed E-state index contributed by atoms with van der Waals surface area (Å²) in [5.41, 5.74) is 0. The molecular weight excluding hydrogens is 290 g/mol. The molecule has 2 aliphatic rings. The first kappa shape index (κ1) is 14.7. The van der Waals surface area contributed by atoms with Gasteiger partial charge < -0.3 is 9.47 Å². The van der Waals surface area contributed by atoms with Crippen molar-refractivity contribution in [3.8, 4) is 11.5 Å². The molecule has 1 aromatic rings. The van der Waals surface area contributed by atoms with Crippen molar-refractivity contribution in [2.45, 2.75) is 50.1 Å². The van der Waals surface area contributed by atoms with E-state index in [0.29, 0.717) is 24.7 Å². The van der Waals surface area contributed by atoms with Crippen molar-refractivity contribution in [1.82, 2.24) is 4.31 Å². The van der Waals surface area contributed by atoms with Crippen LogP contribution in [0.4, 0.5) is 0 Å². The molecule has 0 bridgehead atoms. The zero-order valence-corrected chi connectivity index (χ0v) is 13.2. The lowest BCUT2D eigenvalue weighted by atomic mass is 10.3. The maximum absolute atomic E-state index is 12.9. The van der Waals surface area contributed by atoms with Crippen LogP contribution in [0, 0.1) is 0 Å². The van der Waals surface area contributed by atoms with E-state index in [4.69, 9.17) is 9.47 Å². The van der Waals surface area contributed by atoms with E-state index in [0.717, 1.165) is 19.3 Å². The highest BCUT2D eigenvalue weighted by Crippen LogP contribution is 2.37. The van der Waals surface area contributed by atoms with Crippen molar-refractivity contribution in [3.05, 3.63) is 18.2 Å². The number of sulfonamides is 1. The molecule has 0 saturated heterocycles. The fraction of sp³-hybridized carbons (Fsp3) is 0.600. The van der Waals surface area contributed by atoms with E-state index in [1.54, 1.807) is 22.5 Å². The topological polar surface area (TPSA) is 55.8 Å². The van der Waals surface area contributed by atoms with Crippen LogP contribution in [0.5, 0.6) is 11.5 Å². The largest absolute Gasteiger partial charge is 0.490 e. The van der Waals surface area contributed by atoms with Gasteiger partial charge in [0.1, 0.15) is 0 Å². The van der Waals surface area contributed by atoms with Gasteiger partial charge in [0.2, 0.25) is 10.0 Å². The number of nitrogens with zero attached hydrogens (tertiary/aromatic N) is 1. The first-order valence-electron chi connectivity index (χ1n) is 7.43. The Morgan fingerprint density at radius 1 is 1.14 bits per heavy atom. The van der Waals surface area contributed by atoms with Gasteiger partial charge in [0.05, 0.1) is 18.1 Å². The highest BCUT2D eigenvalue weighted by molar-refractivity contribution is 7.89. The molecule has 5 nitrogen and oxygen atoms in total. The molecule has 6 heteroatoms. The van der Waals surface area contributed by atoms with Gasteiger partial charge in [0.15, 0.2) is 11.5 Å². The Morgan fingerprint density at radius 2 is 1.81 bits per heavy atom. The Hall–Kier alpha value is -1.27. The molecule has 0 radical (unpaired) electrons. The molecule has 1 aliphatic heterocycles. The summed E-state index contributed by atoms with van der Waals surface area (Å²) in [6.45, 7) is 4.98. The summed E-state index contributed by atoms with van der Waals surface area (Å²) in [4.78, 5) is 0.285. The number of fused-ring (bicyclic) bond motifs is 1. The molecule has 1 heterocycles. The van der Waals surface area contributed by atoms with Crippen molar-refractivity contribution in [3.63, 3.8) is 0 Å². The maximum Gasteiger partial charge on any atom is 0.243 e. The Labute approximate surface area is 125 Å². The zero-order chi connectivity index (χ0) is 15.0. The highest BCUT2D eigenvalue weighted by Gasteiger charge is 2.40. The van der Waals surface area contributed by atoms with Crippen molar-refractivity contribution >= 4 is 10.0 Å². The van der Waals surface area contributed by atoms with Gasteiger partial charge in [0.25, 0.3) is 0 Å². The Balaban J connectivity index is 1.97. The summed E-state index contributed by atoms with van der Waals surface area (Å²) in [5.74, 6) is 1.14. The van der Waals surface area contributed by atoms with Crippen molar-refractivity contribution in [2.24, 2.45) is 0 Å². The SMILES string of the molecule is CC(C)N(C1CC1)S(=O)(=O)c1ccc2c(c1)OCCCO2. The van der Waals surface area contributed by atoms with Crippen LogP contribution in [0.3, 0.4) is 0 Å². The summed E-state index contributed by atoms with van der Waals surface area (Å²) >= 11 is 0. The van der Waals surface area contributed by atoms with Gasteiger partial charge in [-0.2, -0.15) is 4.31 Å². The van der Waals surface area contributed by atoms with Crippen molar-refractivity contribution < 1.29 is 17.9 Å². The third-order valence-electron chi connectivity index (χ3n) is 3.71. The molecule has 1 saturated carbocycles. The summed E-state index contributed by atoms with van der Waals surface area (Å²) in [7, 11) is -3.48. The number of hydrogen-bond acceptors (Lipinski definition) is 4. The van der Waals surface area contributed by atoms with Gasteiger partial charge in [-0.25, -0.2) is 8.42 Å². The third kappa shape index (κ3) is 2.87. The minimum atomic E-state index is -3.48. The van der Waals surface area contributed by atoms with Gasteiger partial charge in [0, 0.05) is 24.6 Å². The Bertz CT molecular complexity index is 621. The van der Waals surface area contributed by atoms with E-state index >= 15 is 0 Å². The fourth-order valence-electron chi connectivity index (χ4n) is 2.65. The molecule has 0 atom stereocenters. The van der Waals surface area contributed by atoms with Gasteiger partial charge in [-0.3, -0.25) is 0 Å². The monoisotopic (exact) mass is 311 g/mol. The average Bonchev–Trinajstić information content (AvgIpc) is 3.23. The van der Waals surface area contributed by atoms with Crippen LogP contribution in [0.1, 0.15) is 33.1 Å². The lowest BCUT2D eigenvalue weighted by Crippen LogP contribution is -2.38. The van der Waals surface area contributed by atoms with E-state index in [9.17, 15) is 8.42 Å². The van der Waals surface area contributed by atoms with E-state index in [1.807, 2.05) is 13.8 Å². The first-order chi connectivity index (χ1) is 10.00. The molecule has 116 valence electrons. The zero-order valence-electron chi connectivity index (χ0n) is 12.4. The summed E-state index contributed by atoms with van der Waals surface area (Å²) < 4.78 is 38.5. The lowest BCUT2D eigenvalue weighted by Gasteiger charge is -2.26. The quantitative estimate of drug-likeness (QED) is 0.857. The molecule has 3 rings (SSSR count). The molecule has 0 spiro atoms. The van der Waals surface area contributed by atoms with Crippen LogP contribution in [-0.2, 0) is 10.0 Å². The maximum atomic E-state index is 12.9. The van der Waals surface area contributed by atoms with E-state index in [1.165, 1.54) is 0 Å². The van der Waals surface area contributed by atoms with Gasteiger partial charge in [-0.1, -0.05) is 0 Å². The first-order valence-corrected chi connectivity index (χ1v) is 8.87. The molecule has 1 fully saturated rings. The number of hydrogen-bond donors (Lipinski definition) is 0. The number of benzene rings is 1. The average molecular weight is 311 g/mol. The standard InChI is InChI=1S/C15H21NO4S/c1-11(2)16(12-4-5-12)21(17,18)13-6-7-14-15(10-13)20-9-3-8-19-14/h6-7,10-12H,3-5,8-9H2,1-2H3. The minimum Gasteiger partial charge on any atom is -0.490 e. The molecule has 1 aromatic carbocycles. The number of rotatable bonds is 4. The van der Waals surface area contributed by atoms with Crippen molar-refractivity contribution in [1.29, 1.82) is 0 Å². The summed E-state index contributed by atoms with van der Waals surface area (Å²) in [5, 5.41) is 0. The van der Waals surface area contributed by atoms with E-state index < -0.39 is 10.0 Å². The molecule has 0 N–H and O–H groups in total. The predicted molar refractivity (Wildman–Crippen MR) is 79.2 cm³/mol. The molecule has 0 unspecified atom stereocenters. The second-order valence-electron chi connectivity index (χ2n) is 5.82. The smallest absolute Gasteiger partial charge is 0.243 e. The van der Waals surface area contributed by atoms with Crippen LogP contribution in [0.2, 0.25) is 0 Å². The van der Waals surface area contributed by atoms with Gasteiger partial charge in [-0.05, 0) is 38.8 Å². The highest BCUT2D eigenvalue weighted by atomic mass is 32.2. The summed E-state index contributed by atoms with van der Waals surface area (Å²) in [6, 6.07) is 5.00. The van der Waals surface area contributed by atoms with Crippen LogP contribution in [0.25, 0.3) is 0 Å². The van der Waals surface area contributed by atoms with Crippen LogP contribution in [0.15, 0.2) is 23.1 Å². The molecule has 0 aromatic heterocycles. The van der Waals surface area contributed by atoms with Gasteiger partial charge >= 0.3 is 0 Å². The Morgan fingerprint density at radius 3 is 2.43 bits per heavy atom. The lowest BCUT2D eigenvalue weighted by molar-refractivity contribution is 0.296. The molecular formula is C15H21NO4S. The van der Waals surface area contributed by atoms with Crippen LogP contribution >= 0.6 is 0 Å². The fourth-order valence-corrected chi connectivity index (χ4v) is 4.55. The van der Waals surface area contributed by atoms with Gasteiger partial charge in [-0.15, -0.1) is 0 Å². The van der Waals surface area contributed by atoms with Crippen molar-refractivity contribution in [2.75, 3.05) is 13.2 Å². The van der Waals surface area contributed by atoms with Crippen LogP contribution < -0.4 is 9.47 Å². The minimum absolute atomic E-state index is 0.0431. The third-order valence-corrected chi connectivity index (χ3v) is 5.83. The normalized spacial score (nSPS) is 18.9. The van der Waals surface area contributed by atoms with E-state index in [2.05, 4.69) is 0 Å².